The van der Waals surface area contributed by atoms with E-state index in [0.717, 1.165) is 24.2 Å². The lowest BCUT2D eigenvalue weighted by Gasteiger charge is -2.29. The molecule has 3 nitrogen and oxygen atoms in total. The lowest BCUT2D eigenvalue weighted by atomic mass is 10.1. The molecule has 0 amide bonds. The molecular weight excluding hydrogens is 304 g/mol. The topological polar surface area (TPSA) is 38.5 Å². The lowest BCUT2D eigenvalue weighted by Crippen LogP contribution is -2.33. The van der Waals surface area contributed by atoms with Crippen molar-refractivity contribution in [1.29, 1.82) is 0 Å². The zero-order valence-electron chi connectivity index (χ0n) is 11.7. The molecule has 2 unspecified atom stereocenters. The molecule has 1 saturated heterocycles. The van der Waals surface area contributed by atoms with Gasteiger partial charge in [0.25, 0.3) is 0 Å². The van der Waals surface area contributed by atoms with Gasteiger partial charge in [-0.2, -0.15) is 0 Å². The predicted octanol–water partition coefficient (Wildman–Crippen LogP) is 3.47. The summed E-state index contributed by atoms with van der Waals surface area (Å²) in [5, 5.41) is 0. The third-order valence-electron chi connectivity index (χ3n) is 3.65. The number of nitrogens with two attached hydrogens (primary N) is 1. The van der Waals surface area contributed by atoms with Crippen molar-refractivity contribution in [3.63, 3.8) is 0 Å². The molecule has 0 radical (unpaired) electrons. The number of benzene rings is 1. The Morgan fingerprint density at radius 1 is 1.53 bits per heavy atom. The van der Waals surface area contributed by atoms with Gasteiger partial charge in [0.05, 0.1) is 6.10 Å². The average Bonchev–Trinajstić information content (AvgIpc) is 2.89. The van der Waals surface area contributed by atoms with Crippen molar-refractivity contribution in [2.45, 2.75) is 38.8 Å². The van der Waals surface area contributed by atoms with Gasteiger partial charge in [0.1, 0.15) is 0 Å². The normalized spacial score (nSPS) is 20.5. The Morgan fingerprint density at radius 2 is 2.32 bits per heavy atom. The van der Waals surface area contributed by atoms with Crippen LogP contribution in [-0.4, -0.2) is 25.8 Å². The molecule has 1 aromatic rings. The van der Waals surface area contributed by atoms with Gasteiger partial charge in [-0.15, -0.1) is 0 Å². The lowest BCUT2D eigenvalue weighted by molar-refractivity contribution is 0.115. The van der Waals surface area contributed by atoms with Crippen LogP contribution in [0, 0.1) is 0 Å². The Balaban J connectivity index is 2.21. The molecule has 106 valence electrons. The third kappa shape index (κ3) is 3.71. The maximum Gasteiger partial charge on any atom is 0.0750 e. The van der Waals surface area contributed by atoms with Crippen LogP contribution in [-0.2, 0) is 4.74 Å². The molecule has 1 heterocycles. The van der Waals surface area contributed by atoms with Gasteiger partial charge in [0.2, 0.25) is 0 Å². The van der Waals surface area contributed by atoms with Crippen molar-refractivity contribution in [1.82, 2.24) is 0 Å². The van der Waals surface area contributed by atoms with Crippen LogP contribution in [0.5, 0.6) is 0 Å². The Labute approximate surface area is 124 Å². The molecule has 0 bridgehead atoms. The van der Waals surface area contributed by atoms with Gasteiger partial charge in [-0.1, -0.05) is 15.9 Å². The molecule has 1 aliphatic rings. The Bertz CT molecular complexity index is 417. The van der Waals surface area contributed by atoms with Crippen molar-refractivity contribution in [2.75, 3.05) is 24.6 Å². The molecular formula is C15H23BrN2O. The first kappa shape index (κ1) is 14.8. The van der Waals surface area contributed by atoms with Crippen molar-refractivity contribution >= 4 is 21.6 Å². The summed E-state index contributed by atoms with van der Waals surface area (Å²) in [5.41, 5.74) is 8.53. The summed E-state index contributed by atoms with van der Waals surface area (Å²) in [4.78, 5) is 2.38. The number of ether oxygens (including phenoxy) is 1. The van der Waals surface area contributed by atoms with E-state index in [0.29, 0.717) is 6.10 Å². The van der Waals surface area contributed by atoms with Crippen LogP contribution in [0.2, 0.25) is 0 Å². The predicted molar refractivity (Wildman–Crippen MR) is 83.6 cm³/mol. The average molecular weight is 327 g/mol. The number of halogens is 1. The summed E-state index contributed by atoms with van der Waals surface area (Å²) in [6.07, 6.45) is 2.72. The number of hydrogen-bond acceptors (Lipinski definition) is 3. The first-order chi connectivity index (χ1) is 9.11. The van der Waals surface area contributed by atoms with E-state index >= 15 is 0 Å². The molecule has 0 aromatic heterocycles. The molecule has 1 aliphatic heterocycles. The summed E-state index contributed by atoms with van der Waals surface area (Å²) >= 11 is 3.53. The van der Waals surface area contributed by atoms with Gasteiger partial charge in [0, 0.05) is 35.9 Å². The quantitative estimate of drug-likeness (QED) is 0.900. The third-order valence-corrected chi connectivity index (χ3v) is 4.14. The number of hydrogen-bond donors (Lipinski definition) is 1. The minimum absolute atomic E-state index is 0.0334. The van der Waals surface area contributed by atoms with Gasteiger partial charge in [-0.25, -0.2) is 0 Å². The number of nitrogens with zero attached hydrogens (tertiary/aromatic N) is 1. The van der Waals surface area contributed by atoms with E-state index in [4.69, 9.17) is 10.5 Å². The minimum Gasteiger partial charge on any atom is -0.376 e. The van der Waals surface area contributed by atoms with E-state index in [1.807, 2.05) is 6.92 Å². The summed E-state index contributed by atoms with van der Waals surface area (Å²) in [6, 6.07) is 6.39. The molecule has 2 atom stereocenters. The van der Waals surface area contributed by atoms with Crippen molar-refractivity contribution < 1.29 is 4.74 Å². The van der Waals surface area contributed by atoms with E-state index in [1.54, 1.807) is 0 Å². The van der Waals surface area contributed by atoms with E-state index in [1.165, 1.54) is 24.1 Å². The van der Waals surface area contributed by atoms with Gasteiger partial charge in [0.15, 0.2) is 0 Å². The SMILES string of the molecule is CCN(CC1CCCO1)c1ccc(Br)cc1C(C)N. The van der Waals surface area contributed by atoms with E-state index < -0.39 is 0 Å². The van der Waals surface area contributed by atoms with E-state index in [-0.39, 0.29) is 6.04 Å². The van der Waals surface area contributed by atoms with Crippen LogP contribution >= 0.6 is 15.9 Å². The van der Waals surface area contributed by atoms with Crippen LogP contribution in [0.1, 0.15) is 38.3 Å². The fourth-order valence-electron chi connectivity index (χ4n) is 2.61. The molecule has 4 heteroatoms. The number of likely N-dealkylation sites (N-methyl/N-ethyl adjacent to an activating group) is 1. The highest BCUT2D eigenvalue weighted by Crippen LogP contribution is 2.29. The molecule has 0 aliphatic carbocycles. The standard InChI is InChI=1S/C15H23BrN2O/c1-3-18(10-13-5-4-8-19-13)15-7-6-12(16)9-14(15)11(2)17/h6-7,9,11,13H,3-5,8,10,17H2,1-2H3. The minimum atomic E-state index is 0.0334. The second-order valence-electron chi connectivity index (χ2n) is 5.17. The maximum absolute atomic E-state index is 6.11. The van der Waals surface area contributed by atoms with Crippen LogP contribution < -0.4 is 10.6 Å². The van der Waals surface area contributed by atoms with Gasteiger partial charge in [-0.05, 0) is 50.5 Å². The number of rotatable bonds is 5. The molecule has 2 N–H and O–H groups in total. The summed E-state index contributed by atoms with van der Waals surface area (Å²) in [7, 11) is 0. The fourth-order valence-corrected chi connectivity index (χ4v) is 2.99. The molecule has 0 saturated carbocycles. The monoisotopic (exact) mass is 326 g/mol. The molecule has 0 spiro atoms. The Hall–Kier alpha value is -0.580. The first-order valence-electron chi connectivity index (χ1n) is 7.03. The maximum atomic E-state index is 6.11. The van der Waals surface area contributed by atoms with Gasteiger partial charge >= 0.3 is 0 Å². The highest BCUT2D eigenvalue weighted by Gasteiger charge is 2.20. The molecule has 19 heavy (non-hydrogen) atoms. The van der Waals surface area contributed by atoms with Crippen molar-refractivity contribution in [2.24, 2.45) is 5.73 Å². The van der Waals surface area contributed by atoms with Crippen molar-refractivity contribution in [3.8, 4) is 0 Å². The second-order valence-corrected chi connectivity index (χ2v) is 6.08. The van der Waals surface area contributed by atoms with Gasteiger partial charge < -0.3 is 15.4 Å². The van der Waals surface area contributed by atoms with Gasteiger partial charge in [-0.3, -0.25) is 0 Å². The summed E-state index contributed by atoms with van der Waals surface area (Å²) < 4.78 is 6.83. The highest BCUT2D eigenvalue weighted by atomic mass is 79.9. The van der Waals surface area contributed by atoms with Crippen LogP contribution in [0.3, 0.4) is 0 Å². The van der Waals surface area contributed by atoms with E-state index in [2.05, 4.69) is 46.0 Å². The smallest absolute Gasteiger partial charge is 0.0750 e. The molecule has 2 rings (SSSR count). The second kappa shape index (κ2) is 6.73. The number of anilines is 1. The summed E-state index contributed by atoms with van der Waals surface area (Å²) in [5.74, 6) is 0. The summed E-state index contributed by atoms with van der Waals surface area (Å²) in [6.45, 7) is 7.05. The van der Waals surface area contributed by atoms with Crippen LogP contribution in [0.15, 0.2) is 22.7 Å². The zero-order valence-corrected chi connectivity index (χ0v) is 13.3. The molecule has 1 aromatic carbocycles. The zero-order chi connectivity index (χ0) is 13.8. The van der Waals surface area contributed by atoms with Crippen LogP contribution in [0.25, 0.3) is 0 Å². The Morgan fingerprint density at radius 3 is 2.89 bits per heavy atom. The molecule has 1 fully saturated rings. The van der Waals surface area contributed by atoms with Crippen LogP contribution in [0.4, 0.5) is 5.69 Å². The first-order valence-corrected chi connectivity index (χ1v) is 7.82. The largest absolute Gasteiger partial charge is 0.376 e. The van der Waals surface area contributed by atoms with Crippen molar-refractivity contribution in [3.05, 3.63) is 28.2 Å². The fraction of sp³-hybridized carbons (Fsp3) is 0.600. The van der Waals surface area contributed by atoms with E-state index in [9.17, 15) is 0 Å². The Kier molecular flexibility index (Phi) is 5.25. The highest BCUT2D eigenvalue weighted by molar-refractivity contribution is 9.10.